The van der Waals surface area contributed by atoms with Crippen molar-refractivity contribution in [2.24, 2.45) is 4.99 Å². The Bertz CT molecular complexity index is 1820. The van der Waals surface area contributed by atoms with Crippen molar-refractivity contribution in [3.63, 3.8) is 0 Å². The molecule has 1 aromatic heterocycles. The van der Waals surface area contributed by atoms with E-state index in [4.69, 9.17) is 25.8 Å². The molecule has 1 aliphatic heterocycles. The lowest BCUT2D eigenvalue weighted by atomic mass is 9.96. The average Bonchev–Trinajstić information content (AvgIpc) is 3.30. The van der Waals surface area contributed by atoms with Crippen LogP contribution in [0.25, 0.3) is 6.08 Å². The quantitative estimate of drug-likeness (QED) is 0.175. The van der Waals surface area contributed by atoms with Gasteiger partial charge in [0.2, 0.25) is 0 Å². The SMILES string of the molecule is C=CCOc1ccc([C@@H]2C(C(=O)OCC)=C(C)N=c3s/c(=C/c4ccccc4OCc4ccc(Cl)cc4)c(=O)n32)cc1. The number of thiazole rings is 1. The van der Waals surface area contributed by atoms with Gasteiger partial charge in [-0.25, -0.2) is 9.79 Å². The first-order valence-corrected chi connectivity index (χ1v) is 14.6. The summed E-state index contributed by atoms with van der Waals surface area (Å²) in [6, 6.07) is 21.6. The summed E-state index contributed by atoms with van der Waals surface area (Å²) < 4.78 is 19.2. The van der Waals surface area contributed by atoms with Crippen LogP contribution < -0.4 is 24.4 Å². The molecule has 214 valence electrons. The molecule has 0 aliphatic carbocycles. The maximum atomic E-state index is 14.0. The van der Waals surface area contributed by atoms with E-state index in [1.165, 1.54) is 11.3 Å². The van der Waals surface area contributed by atoms with Gasteiger partial charge in [-0.15, -0.1) is 0 Å². The van der Waals surface area contributed by atoms with Crippen LogP contribution in [0.15, 0.2) is 107 Å². The Hall–Kier alpha value is -4.40. The van der Waals surface area contributed by atoms with E-state index in [1.54, 1.807) is 42.7 Å². The summed E-state index contributed by atoms with van der Waals surface area (Å²) >= 11 is 7.27. The fraction of sp³-hybridized carbons (Fsp3) is 0.182. The molecular weight excluding hydrogens is 572 g/mol. The Morgan fingerprint density at radius 3 is 2.52 bits per heavy atom. The molecule has 2 heterocycles. The van der Waals surface area contributed by atoms with E-state index < -0.39 is 12.0 Å². The van der Waals surface area contributed by atoms with Crippen LogP contribution in [0, 0.1) is 0 Å². The van der Waals surface area contributed by atoms with Gasteiger partial charge in [-0.2, -0.15) is 0 Å². The zero-order valence-electron chi connectivity index (χ0n) is 23.2. The predicted octanol–water partition coefficient (Wildman–Crippen LogP) is 5.60. The van der Waals surface area contributed by atoms with Gasteiger partial charge in [-0.05, 0) is 61.4 Å². The maximum absolute atomic E-state index is 14.0. The highest BCUT2D eigenvalue weighted by atomic mass is 35.5. The minimum absolute atomic E-state index is 0.202. The van der Waals surface area contributed by atoms with E-state index in [2.05, 4.69) is 11.6 Å². The summed E-state index contributed by atoms with van der Waals surface area (Å²) in [5, 5.41) is 0.658. The molecule has 0 fully saturated rings. The van der Waals surface area contributed by atoms with Crippen LogP contribution in [0.5, 0.6) is 11.5 Å². The molecule has 9 heteroatoms. The predicted molar refractivity (Wildman–Crippen MR) is 165 cm³/mol. The van der Waals surface area contributed by atoms with Crippen LogP contribution in [0.2, 0.25) is 5.02 Å². The molecule has 0 bridgehead atoms. The maximum Gasteiger partial charge on any atom is 0.338 e. The molecule has 42 heavy (non-hydrogen) atoms. The van der Waals surface area contributed by atoms with Gasteiger partial charge >= 0.3 is 5.97 Å². The third-order valence-corrected chi connectivity index (χ3v) is 7.83. The zero-order chi connectivity index (χ0) is 29.6. The van der Waals surface area contributed by atoms with E-state index >= 15 is 0 Å². The van der Waals surface area contributed by atoms with Crippen molar-refractivity contribution in [2.75, 3.05) is 13.2 Å². The highest BCUT2D eigenvalue weighted by Crippen LogP contribution is 2.32. The van der Waals surface area contributed by atoms with Crippen molar-refractivity contribution < 1.29 is 19.0 Å². The van der Waals surface area contributed by atoms with Gasteiger partial charge < -0.3 is 14.2 Å². The number of carbonyl (C=O) groups is 1. The first-order chi connectivity index (χ1) is 20.4. The van der Waals surface area contributed by atoms with E-state index in [-0.39, 0.29) is 12.2 Å². The largest absolute Gasteiger partial charge is 0.490 e. The Morgan fingerprint density at radius 1 is 1.07 bits per heavy atom. The number of aromatic nitrogens is 1. The van der Waals surface area contributed by atoms with Crippen molar-refractivity contribution in [3.05, 3.63) is 138 Å². The van der Waals surface area contributed by atoms with E-state index in [0.29, 0.717) is 50.3 Å². The number of benzene rings is 3. The number of halogens is 1. The highest BCUT2D eigenvalue weighted by Gasteiger charge is 2.33. The molecule has 0 amide bonds. The van der Waals surface area contributed by atoms with Gasteiger partial charge in [-0.1, -0.05) is 78.1 Å². The van der Waals surface area contributed by atoms with Crippen molar-refractivity contribution in [1.29, 1.82) is 0 Å². The number of nitrogens with zero attached hydrogens (tertiary/aromatic N) is 2. The molecule has 1 atom stereocenters. The second-order valence-electron chi connectivity index (χ2n) is 9.42. The molecule has 0 saturated carbocycles. The lowest BCUT2D eigenvalue weighted by Crippen LogP contribution is -2.39. The molecule has 0 radical (unpaired) electrons. The van der Waals surface area contributed by atoms with Crippen molar-refractivity contribution >= 4 is 35.0 Å². The molecule has 4 aromatic rings. The highest BCUT2D eigenvalue weighted by molar-refractivity contribution is 7.07. The minimum Gasteiger partial charge on any atom is -0.490 e. The van der Waals surface area contributed by atoms with E-state index in [0.717, 1.165) is 16.7 Å². The van der Waals surface area contributed by atoms with Crippen LogP contribution in [0.1, 0.15) is 36.6 Å². The summed E-state index contributed by atoms with van der Waals surface area (Å²) in [6.45, 7) is 8.10. The smallest absolute Gasteiger partial charge is 0.338 e. The zero-order valence-corrected chi connectivity index (χ0v) is 24.8. The summed E-state index contributed by atoms with van der Waals surface area (Å²) in [5.41, 5.74) is 3.01. The number of hydrogen-bond donors (Lipinski definition) is 0. The van der Waals surface area contributed by atoms with Gasteiger partial charge in [0.1, 0.15) is 24.7 Å². The number of fused-ring (bicyclic) bond motifs is 1. The van der Waals surface area contributed by atoms with Gasteiger partial charge in [-0.3, -0.25) is 9.36 Å². The molecule has 0 spiro atoms. The summed E-state index contributed by atoms with van der Waals surface area (Å²) in [7, 11) is 0. The summed E-state index contributed by atoms with van der Waals surface area (Å²) in [4.78, 5) is 32.3. The van der Waals surface area contributed by atoms with E-state index in [9.17, 15) is 9.59 Å². The number of esters is 1. The summed E-state index contributed by atoms with van der Waals surface area (Å²) in [5.74, 6) is 0.777. The van der Waals surface area contributed by atoms with Crippen LogP contribution >= 0.6 is 22.9 Å². The number of carbonyl (C=O) groups excluding carboxylic acids is 1. The summed E-state index contributed by atoms with van der Waals surface area (Å²) in [6.07, 6.45) is 3.46. The van der Waals surface area contributed by atoms with E-state index in [1.807, 2.05) is 60.7 Å². The van der Waals surface area contributed by atoms with Gasteiger partial charge in [0.15, 0.2) is 4.80 Å². The average molecular weight is 601 g/mol. The van der Waals surface area contributed by atoms with Gasteiger partial charge in [0.05, 0.1) is 28.5 Å². The number of hydrogen-bond acceptors (Lipinski definition) is 7. The van der Waals surface area contributed by atoms with Crippen molar-refractivity contribution in [1.82, 2.24) is 4.57 Å². The van der Waals surface area contributed by atoms with Crippen LogP contribution in [-0.4, -0.2) is 23.8 Å². The van der Waals surface area contributed by atoms with Crippen molar-refractivity contribution in [3.8, 4) is 11.5 Å². The Kier molecular flexibility index (Phi) is 9.05. The van der Waals surface area contributed by atoms with Gasteiger partial charge in [0.25, 0.3) is 5.56 Å². The third-order valence-electron chi connectivity index (χ3n) is 6.59. The third kappa shape index (κ3) is 6.25. The Balaban J connectivity index is 1.57. The number of para-hydroxylation sites is 1. The lowest BCUT2D eigenvalue weighted by Gasteiger charge is -2.24. The Labute approximate surface area is 252 Å². The molecular formula is C33H29ClN2O5S. The monoisotopic (exact) mass is 600 g/mol. The molecule has 3 aromatic carbocycles. The second-order valence-corrected chi connectivity index (χ2v) is 10.9. The molecule has 5 rings (SSSR count). The van der Waals surface area contributed by atoms with Crippen LogP contribution in [0.3, 0.4) is 0 Å². The fourth-order valence-corrected chi connectivity index (χ4v) is 5.79. The van der Waals surface area contributed by atoms with Crippen LogP contribution in [0.4, 0.5) is 0 Å². The molecule has 0 saturated heterocycles. The lowest BCUT2D eigenvalue weighted by molar-refractivity contribution is -0.139. The molecule has 0 N–H and O–H groups in total. The number of ether oxygens (including phenoxy) is 3. The number of allylic oxidation sites excluding steroid dienone is 1. The molecule has 0 unspecified atom stereocenters. The van der Waals surface area contributed by atoms with Crippen molar-refractivity contribution in [2.45, 2.75) is 26.5 Å². The fourth-order valence-electron chi connectivity index (χ4n) is 4.62. The first kappa shape index (κ1) is 29.1. The molecule has 1 aliphatic rings. The van der Waals surface area contributed by atoms with Gasteiger partial charge in [0, 0.05) is 10.6 Å². The topological polar surface area (TPSA) is 79.1 Å². The standard InChI is InChI=1S/C33H29ClN2O5S/c1-4-18-40-26-16-12-23(13-17-26)30-29(32(38)39-5-2)21(3)35-33-36(30)31(37)28(42-33)19-24-8-6-7-9-27(24)41-20-22-10-14-25(34)15-11-22/h4,6-17,19,30H,1,5,18,20H2,2-3H3/b28-19+/t30-/m1/s1. The second kappa shape index (κ2) is 13.1. The minimum atomic E-state index is -0.715. The Morgan fingerprint density at radius 2 is 1.81 bits per heavy atom. The first-order valence-electron chi connectivity index (χ1n) is 13.4. The number of rotatable bonds is 10. The molecule has 7 nitrogen and oxygen atoms in total. The van der Waals surface area contributed by atoms with Crippen LogP contribution in [-0.2, 0) is 16.1 Å². The normalized spacial score (nSPS) is 14.6.